The number of carbonyl (C=O) groups excluding carboxylic acids is 2. The monoisotopic (exact) mass is 416 g/mol. The highest BCUT2D eigenvalue weighted by atomic mass is 35.5. The molecule has 0 aromatic heterocycles. The predicted molar refractivity (Wildman–Crippen MR) is 115 cm³/mol. The summed E-state index contributed by atoms with van der Waals surface area (Å²) >= 11 is 5.98. The molecule has 4 nitrogen and oxygen atoms in total. The van der Waals surface area contributed by atoms with Crippen molar-refractivity contribution in [3.8, 4) is 0 Å². The summed E-state index contributed by atoms with van der Waals surface area (Å²) in [5.41, 5.74) is 1.40. The maximum atomic E-state index is 12.9. The first kappa shape index (κ1) is 20.7. The van der Waals surface area contributed by atoms with Gasteiger partial charge in [0.2, 0.25) is 11.8 Å². The summed E-state index contributed by atoms with van der Waals surface area (Å²) in [6.07, 6.45) is 11.2. The fraction of sp³-hybridized carbons (Fsp3) is 0.667. The lowest BCUT2D eigenvalue weighted by atomic mass is 9.84. The van der Waals surface area contributed by atoms with Gasteiger partial charge in [-0.15, -0.1) is 0 Å². The average molecular weight is 417 g/mol. The number of amides is 2. The third-order valence-corrected chi connectivity index (χ3v) is 7.66. The molecule has 1 aliphatic heterocycles. The molecule has 1 spiro atoms. The molecule has 2 amide bonds. The molecule has 3 fully saturated rings. The molecule has 5 heteroatoms. The van der Waals surface area contributed by atoms with Crippen LogP contribution in [0.25, 0.3) is 0 Å². The molecule has 0 radical (unpaired) electrons. The van der Waals surface area contributed by atoms with Crippen molar-refractivity contribution in [2.45, 2.75) is 70.8 Å². The van der Waals surface area contributed by atoms with Crippen LogP contribution in [-0.4, -0.2) is 29.8 Å². The lowest BCUT2D eigenvalue weighted by Gasteiger charge is -2.33. The van der Waals surface area contributed by atoms with Gasteiger partial charge < -0.3 is 10.2 Å². The molecule has 158 valence electrons. The van der Waals surface area contributed by atoms with Gasteiger partial charge in [-0.3, -0.25) is 9.59 Å². The first-order valence-corrected chi connectivity index (χ1v) is 11.7. The fourth-order valence-electron chi connectivity index (χ4n) is 5.44. The lowest BCUT2D eigenvalue weighted by Crippen LogP contribution is -2.40. The summed E-state index contributed by atoms with van der Waals surface area (Å²) in [5.74, 6) is 1.39. The van der Waals surface area contributed by atoms with Crippen LogP contribution in [0.3, 0.4) is 0 Å². The minimum atomic E-state index is 0.0979. The average Bonchev–Trinajstić information content (AvgIpc) is 3.43. The number of halogens is 1. The molecule has 0 bridgehead atoms. The summed E-state index contributed by atoms with van der Waals surface area (Å²) in [5, 5.41) is 3.68. The van der Waals surface area contributed by atoms with Crippen molar-refractivity contribution in [1.29, 1.82) is 0 Å². The molecule has 2 saturated carbocycles. The molecule has 1 unspecified atom stereocenters. The molecule has 1 saturated heterocycles. The van der Waals surface area contributed by atoms with Gasteiger partial charge in [0.05, 0.1) is 0 Å². The van der Waals surface area contributed by atoms with E-state index in [0.717, 1.165) is 44.3 Å². The van der Waals surface area contributed by atoms with Gasteiger partial charge in [0.15, 0.2) is 0 Å². The highest BCUT2D eigenvalue weighted by Gasteiger charge is 2.58. The number of nitrogens with one attached hydrogen (secondary N) is 1. The Kier molecular flexibility index (Phi) is 6.48. The molecule has 1 atom stereocenters. The van der Waals surface area contributed by atoms with Crippen molar-refractivity contribution in [2.24, 2.45) is 17.3 Å². The summed E-state index contributed by atoms with van der Waals surface area (Å²) in [4.78, 5) is 27.2. The molecule has 1 N–H and O–H groups in total. The zero-order valence-electron chi connectivity index (χ0n) is 17.3. The Morgan fingerprint density at radius 2 is 1.90 bits per heavy atom. The van der Waals surface area contributed by atoms with Gasteiger partial charge in [-0.1, -0.05) is 43.0 Å². The smallest absolute Gasteiger partial charge is 0.226 e. The van der Waals surface area contributed by atoms with Crippen LogP contribution in [-0.2, 0) is 16.1 Å². The molecule has 4 rings (SSSR count). The van der Waals surface area contributed by atoms with Gasteiger partial charge in [-0.2, -0.15) is 0 Å². The second-order valence-electron chi connectivity index (χ2n) is 9.39. The molecule has 29 heavy (non-hydrogen) atoms. The minimum Gasteiger partial charge on any atom is -0.352 e. The third-order valence-electron chi connectivity index (χ3n) is 7.42. The zero-order chi connectivity index (χ0) is 20.3. The fourth-order valence-corrected chi connectivity index (χ4v) is 5.65. The maximum Gasteiger partial charge on any atom is 0.226 e. The first-order valence-electron chi connectivity index (χ1n) is 11.4. The van der Waals surface area contributed by atoms with Gasteiger partial charge in [0.25, 0.3) is 0 Å². The van der Waals surface area contributed by atoms with Gasteiger partial charge >= 0.3 is 0 Å². The molecule has 1 aromatic carbocycles. The summed E-state index contributed by atoms with van der Waals surface area (Å²) in [7, 11) is 0. The van der Waals surface area contributed by atoms with Crippen molar-refractivity contribution in [2.75, 3.05) is 13.1 Å². The van der Waals surface area contributed by atoms with E-state index in [2.05, 4.69) is 10.2 Å². The zero-order valence-corrected chi connectivity index (χ0v) is 18.1. The van der Waals surface area contributed by atoms with Gasteiger partial charge in [-0.05, 0) is 67.6 Å². The number of nitrogens with zero attached hydrogens (tertiary/aromatic N) is 1. The Hall–Kier alpha value is -1.55. The van der Waals surface area contributed by atoms with Crippen molar-refractivity contribution in [3.05, 3.63) is 34.9 Å². The van der Waals surface area contributed by atoms with Crippen LogP contribution in [0.15, 0.2) is 24.3 Å². The Labute approximate surface area is 179 Å². The first-order chi connectivity index (χ1) is 14.1. The Balaban J connectivity index is 1.14. The highest BCUT2D eigenvalue weighted by Crippen LogP contribution is 2.62. The van der Waals surface area contributed by atoms with E-state index < -0.39 is 0 Å². The largest absolute Gasteiger partial charge is 0.352 e. The van der Waals surface area contributed by atoms with Crippen molar-refractivity contribution in [3.63, 3.8) is 0 Å². The maximum absolute atomic E-state index is 12.9. The van der Waals surface area contributed by atoms with Crippen molar-refractivity contribution >= 4 is 23.4 Å². The highest BCUT2D eigenvalue weighted by molar-refractivity contribution is 6.30. The molecule has 1 aromatic rings. The van der Waals surface area contributed by atoms with Gasteiger partial charge in [-0.25, -0.2) is 0 Å². The third kappa shape index (κ3) is 5.14. The second-order valence-corrected chi connectivity index (χ2v) is 9.83. The molecular weight excluding hydrogens is 384 g/mol. The topological polar surface area (TPSA) is 49.4 Å². The molecule has 1 heterocycles. The van der Waals surface area contributed by atoms with E-state index in [1.54, 1.807) is 0 Å². The van der Waals surface area contributed by atoms with E-state index in [1.165, 1.54) is 32.1 Å². The number of piperidine rings is 1. The van der Waals surface area contributed by atoms with E-state index in [9.17, 15) is 9.59 Å². The Morgan fingerprint density at radius 1 is 1.14 bits per heavy atom. The van der Waals surface area contributed by atoms with E-state index in [4.69, 9.17) is 11.6 Å². The van der Waals surface area contributed by atoms with Crippen LogP contribution in [0.2, 0.25) is 5.02 Å². The van der Waals surface area contributed by atoms with Gasteiger partial charge in [0.1, 0.15) is 0 Å². The van der Waals surface area contributed by atoms with Crippen LogP contribution >= 0.6 is 11.6 Å². The summed E-state index contributed by atoms with van der Waals surface area (Å²) in [6.45, 7) is 2.27. The van der Waals surface area contributed by atoms with E-state index >= 15 is 0 Å². The minimum absolute atomic E-state index is 0.0979. The Morgan fingerprint density at radius 3 is 2.62 bits per heavy atom. The van der Waals surface area contributed by atoms with E-state index in [-0.39, 0.29) is 5.91 Å². The molecule has 2 aliphatic carbocycles. The number of rotatable bonds is 6. The van der Waals surface area contributed by atoms with Gasteiger partial charge in [0, 0.05) is 37.0 Å². The standard InChI is InChI=1S/C24H33ClN2O2/c25-20-6-4-5-19(15-20)17-26-22(28)8-7-18-9-13-27(14-10-18)23(29)21-16-24(21)11-2-1-3-12-24/h4-6,15,18,21H,1-3,7-14,16-17H2,(H,26,28). The van der Waals surface area contributed by atoms with Crippen LogP contribution in [0.4, 0.5) is 0 Å². The lowest BCUT2D eigenvalue weighted by molar-refractivity contribution is -0.135. The predicted octanol–water partition coefficient (Wildman–Crippen LogP) is 4.95. The molecule has 3 aliphatic rings. The number of carbonyl (C=O) groups is 2. The molecular formula is C24H33ClN2O2. The van der Waals surface area contributed by atoms with Crippen LogP contribution in [0.1, 0.15) is 69.8 Å². The van der Waals surface area contributed by atoms with Crippen LogP contribution in [0, 0.1) is 17.3 Å². The number of benzene rings is 1. The van der Waals surface area contributed by atoms with Crippen LogP contribution in [0.5, 0.6) is 0 Å². The number of hydrogen-bond acceptors (Lipinski definition) is 2. The number of likely N-dealkylation sites (tertiary alicyclic amines) is 1. The SMILES string of the molecule is O=C(CCC1CCN(C(=O)C2CC23CCCCC3)CC1)NCc1cccc(Cl)c1. The normalized spacial score (nSPS) is 23.8. The number of hydrogen-bond donors (Lipinski definition) is 1. The second kappa shape index (κ2) is 9.07. The summed E-state index contributed by atoms with van der Waals surface area (Å²) in [6, 6.07) is 7.58. The van der Waals surface area contributed by atoms with Crippen molar-refractivity contribution < 1.29 is 9.59 Å². The van der Waals surface area contributed by atoms with E-state index in [0.29, 0.717) is 41.1 Å². The Bertz CT molecular complexity index is 736. The summed E-state index contributed by atoms with van der Waals surface area (Å²) < 4.78 is 0. The van der Waals surface area contributed by atoms with Crippen LogP contribution < -0.4 is 5.32 Å². The van der Waals surface area contributed by atoms with Crippen molar-refractivity contribution in [1.82, 2.24) is 10.2 Å². The quantitative estimate of drug-likeness (QED) is 0.713. The van der Waals surface area contributed by atoms with E-state index in [1.807, 2.05) is 24.3 Å².